The molecular formula is C15H22N2. The van der Waals surface area contributed by atoms with Crippen LogP contribution >= 0.6 is 0 Å². The highest BCUT2D eigenvalue weighted by Crippen LogP contribution is 2.44. The van der Waals surface area contributed by atoms with Crippen LogP contribution < -0.4 is 5.32 Å². The summed E-state index contributed by atoms with van der Waals surface area (Å²) in [6.45, 7) is 6.87. The second-order valence-electron chi connectivity index (χ2n) is 5.48. The Balaban J connectivity index is 1.81. The topological polar surface area (TPSA) is 15.3 Å². The van der Waals surface area contributed by atoms with E-state index in [1.165, 1.54) is 37.1 Å². The number of hydrogen-bond acceptors (Lipinski definition) is 2. The minimum Gasteiger partial charge on any atom is -0.314 e. The summed E-state index contributed by atoms with van der Waals surface area (Å²) >= 11 is 0. The van der Waals surface area contributed by atoms with Crippen molar-refractivity contribution >= 4 is 0 Å². The normalized spacial score (nSPS) is 23.6. The standard InChI is InChI=1S/C15H22N2/c1-12-2-4-13(5-3-12)15(14-6-7-14)17-10-8-16-9-11-17/h2-5,14-16H,6-11H2,1H3. The van der Waals surface area contributed by atoms with Gasteiger partial charge in [0.25, 0.3) is 0 Å². The van der Waals surface area contributed by atoms with Gasteiger partial charge in [0.05, 0.1) is 0 Å². The molecule has 1 aromatic carbocycles. The molecule has 1 saturated carbocycles. The molecule has 1 saturated heterocycles. The molecule has 1 aliphatic heterocycles. The molecule has 2 aliphatic rings. The van der Waals surface area contributed by atoms with Gasteiger partial charge in [-0.1, -0.05) is 29.8 Å². The zero-order chi connectivity index (χ0) is 11.7. The summed E-state index contributed by atoms with van der Waals surface area (Å²) in [6.07, 6.45) is 2.84. The van der Waals surface area contributed by atoms with Crippen molar-refractivity contribution in [2.24, 2.45) is 5.92 Å². The Bertz CT molecular complexity index is 361. The lowest BCUT2D eigenvalue weighted by atomic mass is 9.99. The molecule has 0 bridgehead atoms. The Labute approximate surface area is 104 Å². The minimum atomic E-state index is 0.678. The van der Waals surface area contributed by atoms with Gasteiger partial charge in [0.2, 0.25) is 0 Å². The van der Waals surface area contributed by atoms with Crippen molar-refractivity contribution in [1.82, 2.24) is 10.2 Å². The molecule has 2 nitrogen and oxygen atoms in total. The lowest BCUT2D eigenvalue weighted by molar-refractivity contribution is 0.156. The van der Waals surface area contributed by atoms with E-state index in [-0.39, 0.29) is 0 Å². The lowest BCUT2D eigenvalue weighted by Crippen LogP contribution is -2.45. The number of piperazine rings is 1. The fourth-order valence-corrected chi connectivity index (χ4v) is 2.92. The largest absolute Gasteiger partial charge is 0.314 e. The first-order valence-electron chi connectivity index (χ1n) is 6.86. The Kier molecular flexibility index (Phi) is 3.17. The maximum atomic E-state index is 3.45. The van der Waals surface area contributed by atoms with Crippen LogP contribution in [0.25, 0.3) is 0 Å². The second-order valence-corrected chi connectivity index (χ2v) is 5.48. The SMILES string of the molecule is Cc1ccc(C(C2CC2)N2CCNCC2)cc1. The second kappa shape index (κ2) is 4.79. The Morgan fingerprint density at radius 1 is 1.12 bits per heavy atom. The van der Waals surface area contributed by atoms with E-state index in [1.807, 2.05) is 0 Å². The average Bonchev–Trinajstić information content (AvgIpc) is 3.18. The quantitative estimate of drug-likeness (QED) is 0.857. The van der Waals surface area contributed by atoms with Crippen molar-refractivity contribution in [2.75, 3.05) is 26.2 Å². The summed E-state index contributed by atoms with van der Waals surface area (Å²) in [7, 11) is 0. The molecule has 17 heavy (non-hydrogen) atoms. The van der Waals surface area contributed by atoms with E-state index in [4.69, 9.17) is 0 Å². The van der Waals surface area contributed by atoms with Gasteiger partial charge in [-0.2, -0.15) is 0 Å². The van der Waals surface area contributed by atoms with Crippen molar-refractivity contribution in [1.29, 1.82) is 0 Å². The maximum absolute atomic E-state index is 3.45. The molecular weight excluding hydrogens is 208 g/mol. The predicted octanol–water partition coefficient (Wildman–Crippen LogP) is 2.35. The summed E-state index contributed by atoms with van der Waals surface area (Å²) in [6, 6.07) is 9.86. The molecule has 0 aromatic heterocycles. The van der Waals surface area contributed by atoms with Crippen LogP contribution in [0.5, 0.6) is 0 Å². The molecule has 92 valence electrons. The Hall–Kier alpha value is -0.860. The average molecular weight is 230 g/mol. The van der Waals surface area contributed by atoms with Crippen LogP contribution in [-0.2, 0) is 0 Å². The van der Waals surface area contributed by atoms with Crippen LogP contribution in [0.2, 0.25) is 0 Å². The first-order chi connectivity index (χ1) is 8.34. The number of hydrogen-bond donors (Lipinski definition) is 1. The maximum Gasteiger partial charge on any atom is 0.0377 e. The van der Waals surface area contributed by atoms with E-state index in [9.17, 15) is 0 Å². The van der Waals surface area contributed by atoms with Gasteiger partial charge >= 0.3 is 0 Å². The van der Waals surface area contributed by atoms with E-state index >= 15 is 0 Å². The van der Waals surface area contributed by atoms with Gasteiger partial charge in [0.1, 0.15) is 0 Å². The highest BCUT2D eigenvalue weighted by atomic mass is 15.2. The van der Waals surface area contributed by atoms with Gasteiger partial charge in [-0.05, 0) is 31.2 Å². The third-order valence-electron chi connectivity index (χ3n) is 4.03. The molecule has 2 fully saturated rings. The van der Waals surface area contributed by atoms with Crippen LogP contribution in [-0.4, -0.2) is 31.1 Å². The molecule has 1 heterocycles. The predicted molar refractivity (Wildman–Crippen MR) is 71.1 cm³/mol. The first kappa shape index (κ1) is 11.2. The van der Waals surface area contributed by atoms with E-state index < -0.39 is 0 Å². The zero-order valence-corrected chi connectivity index (χ0v) is 10.7. The molecule has 0 amide bonds. The molecule has 1 atom stereocenters. The number of nitrogens with one attached hydrogen (secondary N) is 1. The third kappa shape index (κ3) is 2.53. The zero-order valence-electron chi connectivity index (χ0n) is 10.7. The lowest BCUT2D eigenvalue weighted by Gasteiger charge is -2.35. The van der Waals surface area contributed by atoms with E-state index in [1.54, 1.807) is 0 Å². The molecule has 1 aliphatic carbocycles. The number of rotatable bonds is 3. The van der Waals surface area contributed by atoms with Gasteiger partial charge in [0, 0.05) is 32.2 Å². The molecule has 1 N–H and O–H groups in total. The fraction of sp³-hybridized carbons (Fsp3) is 0.600. The van der Waals surface area contributed by atoms with Crippen molar-refractivity contribution in [3.8, 4) is 0 Å². The molecule has 1 unspecified atom stereocenters. The van der Waals surface area contributed by atoms with Crippen molar-refractivity contribution < 1.29 is 0 Å². The number of aryl methyl sites for hydroxylation is 1. The number of benzene rings is 1. The van der Waals surface area contributed by atoms with Gasteiger partial charge in [-0.25, -0.2) is 0 Å². The van der Waals surface area contributed by atoms with E-state index in [2.05, 4.69) is 41.4 Å². The highest BCUT2D eigenvalue weighted by molar-refractivity contribution is 5.25. The summed E-state index contributed by atoms with van der Waals surface area (Å²) in [4.78, 5) is 2.68. The van der Waals surface area contributed by atoms with E-state index in [0.717, 1.165) is 19.0 Å². The fourth-order valence-electron chi connectivity index (χ4n) is 2.92. The third-order valence-corrected chi connectivity index (χ3v) is 4.03. The van der Waals surface area contributed by atoms with Crippen molar-refractivity contribution in [2.45, 2.75) is 25.8 Å². The van der Waals surface area contributed by atoms with Gasteiger partial charge in [-0.15, -0.1) is 0 Å². The minimum absolute atomic E-state index is 0.678. The first-order valence-corrected chi connectivity index (χ1v) is 6.86. The number of nitrogens with zero attached hydrogens (tertiary/aromatic N) is 1. The summed E-state index contributed by atoms with van der Waals surface area (Å²) in [5.74, 6) is 0.913. The molecule has 3 rings (SSSR count). The van der Waals surface area contributed by atoms with Gasteiger partial charge < -0.3 is 5.32 Å². The molecule has 1 aromatic rings. The Morgan fingerprint density at radius 2 is 1.76 bits per heavy atom. The molecule has 0 spiro atoms. The van der Waals surface area contributed by atoms with Crippen molar-refractivity contribution in [3.63, 3.8) is 0 Å². The van der Waals surface area contributed by atoms with Gasteiger partial charge in [-0.3, -0.25) is 4.90 Å². The van der Waals surface area contributed by atoms with Crippen LogP contribution in [0.1, 0.15) is 30.0 Å². The van der Waals surface area contributed by atoms with Crippen molar-refractivity contribution in [3.05, 3.63) is 35.4 Å². The summed E-state index contributed by atoms with van der Waals surface area (Å²) < 4.78 is 0. The van der Waals surface area contributed by atoms with Crippen LogP contribution in [0.4, 0.5) is 0 Å². The summed E-state index contributed by atoms with van der Waals surface area (Å²) in [5.41, 5.74) is 2.89. The van der Waals surface area contributed by atoms with Crippen LogP contribution in [0.3, 0.4) is 0 Å². The van der Waals surface area contributed by atoms with Gasteiger partial charge in [0.15, 0.2) is 0 Å². The molecule has 0 radical (unpaired) electrons. The van der Waals surface area contributed by atoms with Crippen LogP contribution in [0.15, 0.2) is 24.3 Å². The van der Waals surface area contributed by atoms with E-state index in [0.29, 0.717) is 6.04 Å². The monoisotopic (exact) mass is 230 g/mol. The molecule has 2 heteroatoms. The van der Waals surface area contributed by atoms with Crippen LogP contribution in [0, 0.1) is 12.8 Å². The summed E-state index contributed by atoms with van der Waals surface area (Å²) in [5, 5.41) is 3.45. The highest BCUT2D eigenvalue weighted by Gasteiger charge is 2.36. The Morgan fingerprint density at radius 3 is 2.35 bits per heavy atom. The smallest absolute Gasteiger partial charge is 0.0377 e.